The summed E-state index contributed by atoms with van der Waals surface area (Å²) in [6, 6.07) is 15.8. The molecule has 1 aliphatic heterocycles. The highest BCUT2D eigenvalue weighted by Crippen LogP contribution is 2.45. The number of thiophene rings is 1. The molecule has 1 aliphatic rings. The molecule has 0 radical (unpaired) electrons. The summed E-state index contributed by atoms with van der Waals surface area (Å²) in [7, 11) is -1.02. The van der Waals surface area contributed by atoms with Crippen molar-refractivity contribution in [3.05, 3.63) is 82.3 Å². The molecule has 2 heterocycles. The molecule has 6 nitrogen and oxygen atoms in total. The van der Waals surface area contributed by atoms with Crippen LogP contribution in [-0.2, 0) is 20.4 Å². The summed E-state index contributed by atoms with van der Waals surface area (Å²) < 4.78 is 17.4. The average Bonchev–Trinajstić information content (AvgIpc) is 3.46. The van der Waals surface area contributed by atoms with Gasteiger partial charge in [-0.15, -0.1) is 0 Å². The molecule has 2 atom stereocenters. The Kier molecular flexibility index (Phi) is 7.52. The topological polar surface area (TPSA) is 83.9 Å². The molecule has 0 bridgehead atoms. The molecule has 0 saturated heterocycles. The average molecular weight is 510 g/mol. The van der Waals surface area contributed by atoms with Gasteiger partial charge in [-0.05, 0) is 46.2 Å². The van der Waals surface area contributed by atoms with E-state index in [1.54, 1.807) is 55.7 Å². The Balaban J connectivity index is 1.79. The first-order valence-corrected chi connectivity index (χ1v) is 13.9. The maximum absolute atomic E-state index is 13.3. The number of benzene rings is 2. The molecule has 1 amide bonds. The molecule has 3 aromatic rings. The van der Waals surface area contributed by atoms with Gasteiger partial charge in [-0.2, -0.15) is 11.3 Å². The van der Waals surface area contributed by atoms with Crippen molar-refractivity contribution in [2.45, 2.75) is 19.9 Å². The summed E-state index contributed by atoms with van der Waals surface area (Å²) in [4.78, 5) is 28.0. The lowest BCUT2D eigenvalue weighted by molar-refractivity contribution is -0.119. The van der Waals surface area contributed by atoms with Crippen LogP contribution in [0.3, 0.4) is 0 Å². The maximum Gasteiger partial charge on any atom is 0.294 e. The van der Waals surface area contributed by atoms with Crippen LogP contribution in [0.2, 0.25) is 0 Å². The number of ketones is 1. The third-order valence-electron chi connectivity index (χ3n) is 5.84. The van der Waals surface area contributed by atoms with Gasteiger partial charge in [0.15, 0.2) is 11.5 Å². The fourth-order valence-electron chi connectivity index (χ4n) is 4.08. The molecule has 0 saturated carbocycles. The van der Waals surface area contributed by atoms with E-state index in [9.17, 15) is 18.9 Å². The van der Waals surface area contributed by atoms with E-state index in [0.29, 0.717) is 22.8 Å². The van der Waals surface area contributed by atoms with Crippen LogP contribution in [0.25, 0.3) is 11.1 Å². The first kappa shape index (κ1) is 24.9. The number of ether oxygens (including phenoxy) is 1. The zero-order valence-corrected chi connectivity index (χ0v) is 21.4. The minimum absolute atomic E-state index is 0.0574. The molecular formula is C27H27NO5S2. The number of Topliss-reactive ketones (excluding diaryl/α,β-unsaturated/α-hetero) is 1. The Morgan fingerprint density at radius 1 is 1.11 bits per heavy atom. The fourth-order valence-corrected chi connectivity index (χ4v) is 5.06. The SMILES string of the molecule is CC(C)C(=O)C1=C(O)C(=O)N(c2ccc(-c3ccsc3)cc2)C1c1ccccc1OCCS(C)=O. The van der Waals surface area contributed by atoms with E-state index in [-0.39, 0.29) is 18.0 Å². The highest BCUT2D eigenvalue weighted by atomic mass is 32.2. The molecule has 4 rings (SSSR count). The van der Waals surface area contributed by atoms with Gasteiger partial charge in [-0.25, -0.2) is 0 Å². The van der Waals surface area contributed by atoms with Gasteiger partial charge in [0.25, 0.3) is 5.91 Å². The number of nitrogens with zero attached hydrogens (tertiary/aromatic N) is 1. The van der Waals surface area contributed by atoms with Crippen LogP contribution in [0.15, 0.2) is 76.7 Å². The van der Waals surface area contributed by atoms with E-state index in [2.05, 4.69) is 0 Å². The monoisotopic (exact) mass is 509 g/mol. The molecule has 2 aromatic carbocycles. The predicted octanol–water partition coefficient (Wildman–Crippen LogP) is 5.30. The van der Waals surface area contributed by atoms with E-state index >= 15 is 0 Å². The van der Waals surface area contributed by atoms with Gasteiger partial charge in [0, 0.05) is 34.2 Å². The number of hydrogen-bond acceptors (Lipinski definition) is 6. The van der Waals surface area contributed by atoms with Crippen LogP contribution < -0.4 is 9.64 Å². The van der Waals surface area contributed by atoms with Crippen molar-refractivity contribution < 1.29 is 23.6 Å². The lowest BCUT2D eigenvalue weighted by Crippen LogP contribution is -2.31. The summed E-state index contributed by atoms with van der Waals surface area (Å²) >= 11 is 1.60. The van der Waals surface area contributed by atoms with Crippen molar-refractivity contribution in [2.75, 3.05) is 23.5 Å². The van der Waals surface area contributed by atoms with Crippen molar-refractivity contribution in [1.29, 1.82) is 0 Å². The first-order chi connectivity index (χ1) is 16.8. The number of rotatable bonds is 9. The molecule has 1 N–H and O–H groups in total. The molecular weight excluding hydrogens is 482 g/mol. The van der Waals surface area contributed by atoms with E-state index in [1.165, 1.54) is 4.90 Å². The lowest BCUT2D eigenvalue weighted by Gasteiger charge is -2.29. The lowest BCUT2D eigenvalue weighted by atomic mass is 9.90. The number of para-hydroxylation sites is 1. The van der Waals surface area contributed by atoms with Crippen molar-refractivity contribution in [1.82, 2.24) is 0 Å². The quantitative estimate of drug-likeness (QED) is 0.423. The Hall–Kier alpha value is -3.23. The van der Waals surface area contributed by atoms with Gasteiger partial charge >= 0.3 is 0 Å². The number of amides is 1. The summed E-state index contributed by atoms with van der Waals surface area (Å²) in [5, 5.41) is 14.9. The van der Waals surface area contributed by atoms with Crippen molar-refractivity contribution in [3.8, 4) is 16.9 Å². The Morgan fingerprint density at radius 2 is 1.83 bits per heavy atom. The molecule has 182 valence electrons. The number of carbonyl (C=O) groups excluding carboxylic acids is 2. The van der Waals surface area contributed by atoms with Crippen LogP contribution in [-0.4, -0.2) is 39.6 Å². The van der Waals surface area contributed by atoms with Crippen LogP contribution in [0.4, 0.5) is 5.69 Å². The van der Waals surface area contributed by atoms with Crippen LogP contribution in [0, 0.1) is 5.92 Å². The molecule has 35 heavy (non-hydrogen) atoms. The Labute approximate surface area is 211 Å². The second kappa shape index (κ2) is 10.6. The van der Waals surface area contributed by atoms with Gasteiger partial charge in [-0.3, -0.25) is 18.7 Å². The summed E-state index contributed by atoms with van der Waals surface area (Å²) in [5.74, 6) is -1.07. The molecule has 1 aromatic heterocycles. The maximum atomic E-state index is 13.3. The Bertz CT molecular complexity index is 1280. The second-order valence-corrected chi connectivity index (χ2v) is 10.9. The van der Waals surface area contributed by atoms with Gasteiger partial charge in [0.1, 0.15) is 5.75 Å². The number of anilines is 1. The minimum atomic E-state index is -1.02. The molecule has 0 fully saturated rings. The zero-order chi connectivity index (χ0) is 25.1. The summed E-state index contributed by atoms with van der Waals surface area (Å²) in [6.07, 6.45) is 1.60. The van der Waals surface area contributed by atoms with Crippen molar-refractivity contribution in [2.24, 2.45) is 5.92 Å². The highest BCUT2D eigenvalue weighted by Gasteiger charge is 2.45. The smallest absolute Gasteiger partial charge is 0.294 e. The number of aliphatic hydroxyl groups excluding tert-OH is 1. The van der Waals surface area contributed by atoms with Gasteiger partial charge in [0.05, 0.1) is 24.0 Å². The summed E-state index contributed by atoms with van der Waals surface area (Å²) in [6.45, 7) is 3.70. The van der Waals surface area contributed by atoms with Crippen molar-refractivity contribution >= 4 is 39.5 Å². The van der Waals surface area contributed by atoms with E-state index in [4.69, 9.17) is 4.74 Å². The predicted molar refractivity (Wildman–Crippen MR) is 140 cm³/mol. The highest BCUT2D eigenvalue weighted by molar-refractivity contribution is 7.84. The zero-order valence-electron chi connectivity index (χ0n) is 19.8. The Morgan fingerprint density at radius 3 is 2.46 bits per heavy atom. The molecule has 0 spiro atoms. The third kappa shape index (κ3) is 5.09. The standard InChI is InChI=1S/C27H27NO5S2/c1-17(2)25(29)23-24(21-6-4-5-7-22(21)33-13-15-35(3)32)28(27(31)26(23)30)20-10-8-18(9-11-20)19-12-14-34-16-19/h4-12,14,16-17,24,30H,13,15H2,1-3H3. The number of aliphatic hydroxyl groups is 1. The normalized spacial score (nSPS) is 16.7. The minimum Gasteiger partial charge on any atom is -0.503 e. The van der Waals surface area contributed by atoms with E-state index < -0.39 is 34.4 Å². The number of hydrogen-bond donors (Lipinski definition) is 1. The van der Waals surface area contributed by atoms with E-state index in [1.807, 2.05) is 41.1 Å². The second-order valence-electron chi connectivity index (χ2n) is 8.58. The molecule has 0 aliphatic carbocycles. The molecule has 2 unspecified atom stereocenters. The summed E-state index contributed by atoms with van der Waals surface area (Å²) in [5.41, 5.74) is 3.28. The van der Waals surface area contributed by atoms with Crippen LogP contribution in [0.1, 0.15) is 25.5 Å². The first-order valence-electron chi connectivity index (χ1n) is 11.2. The fraction of sp³-hybridized carbons (Fsp3) is 0.259. The third-order valence-corrected chi connectivity index (χ3v) is 7.26. The largest absolute Gasteiger partial charge is 0.503 e. The van der Waals surface area contributed by atoms with Crippen LogP contribution in [0.5, 0.6) is 5.75 Å². The van der Waals surface area contributed by atoms with Crippen LogP contribution >= 0.6 is 11.3 Å². The van der Waals surface area contributed by atoms with Gasteiger partial charge in [0.2, 0.25) is 0 Å². The van der Waals surface area contributed by atoms with Gasteiger partial charge < -0.3 is 9.84 Å². The van der Waals surface area contributed by atoms with E-state index in [0.717, 1.165) is 11.1 Å². The van der Waals surface area contributed by atoms with Crippen molar-refractivity contribution in [3.63, 3.8) is 0 Å². The number of carbonyl (C=O) groups is 2. The van der Waals surface area contributed by atoms with Gasteiger partial charge in [-0.1, -0.05) is 44.2 Å². The molecule has 8 heteroatoms.